The minimum atomic E-state index is 1.17. The number of hydrogen-bond acceptors (Lipinski definition) is 1. The van der Waals surface area contributed by atoms with Gasteiger partial charge in [0.1, 0.15) is 0 Å². The SMILES string of the molecule is CCCCC=Cc1ccc(Sc2ccc(C=CCCCC)cc2C)c(C)c1. The number of aryl methyl sites for hydroxylation is 2. The van der Waals surface area contributed by atoms with Gasteiger partial charge in [0.15, 0.2) is 0 Å². The molecule has 0 aliphatic heterocycles. The average Bonchev–Trinajstić information content (AvgIpc) is 2.66. The molecule has 0 bridgehead atoms. The Morgan fingerprint density at radius 2 is 1.15 bits per heavy atom. The lowest BCUT2D eigenvalue weighted by Crippen LogP contribution is -1.85. The van der Waals surface area contributed by atoms with Crippen molar-refractivity contribution in [3.63, 3.8) is 0 Å². The first-order valence-electron chi connectivity index (χ1n) is 10.4. The summed E-state index contributed by atoms with van der Waals surface area (Å²) in [5, 5.41) is 0. The summed E-state index contributed by atoms with van der Waals surface area (Å²) < 4.78 is 0. The molecule has 0 unspecified atom stereocenters. The van der Waals surface area contributed by atoms with Crippen molar-refractivity contribution in [3.8, 4) is 0 Å². The summed E-state index contributed by atoms with van der Waals surface area (Å²) in [4.78, 5) is 2.69. The van der Waals surface area contributed by atoms with Gasteiger partial charge in [0, 0.05) is 9.79 Å². The van der Waals surface area contributed by atoms with Crippen molar-refractivity contribution < 1.29 is 0 Å². The fourth-order valence-electron chi connectivity index (χ4n) is 2.98. The molecule has 0 atom stereocenters. The maximum absolute atomic E-state index is 2.30. The third-order valence-corrected chi connectivity index (χ3v) is 6.04. The molecule has 0 heterocycles. The molecule has 0 nitrogen and oxygen atoms in total. The summed E-state index contributed by atoms with van der Waals surface area (Å²) >= 11 is 1.87. The van der Waals surface area contributed by atoms with Crippen LogP contribution in [-0.4, -0.2) is 0 Å². The lowest BCUT2D eigenvalue weighted by Gasteiger charge is -2.10. The molecule has 0 saturated heterocycles. The fraction of sp³-hybridized carbons (Fsp3) is 0.385. The normalized spacial score (nSPS) is 11.7. The van der Waals surface area contributed by atoms with Gasteiger partial charge in [0.2, 0.25) is 0 Å². The number of benzene rings is 2. The molecule has 0 radical (unpaired) electrons. The monoisotopic (exact) mass is 378 g/mol. The molecular weight excluding hydrogens is 344 g/mol. The Morgan fingerprint density at radius 3 is 1.52 bits per heavy atom. The van der Waals surface area contributed by atoms with Crippen LogP contribution < -0.4 is 0 Å². The van der Waals surface area contributed by atoms with Crippen LogP contribution in [0.25, 0.3) is 12.2 Å². The molecule has 2 aromatic rings. The number of rotatable bonds is 10. The molecule has 0 spiro atoms. The maximum atomic E-state index is 2.30. The molecule has 0 N–H and O–H groups in total. The van der Waals surface area contributed by atoms with Crippen LogP contribution in [0.15, 0.2) is 58.3 Å². The predicted molar refractivity (Wildman–Crippen MR) is 124 cm³/mol. The van der Waals surface area contributed by atoms with Crippen LogP contribution in [0.2, 0.25) is 0 Å². The highest BCUT2D eigenvalue weighted by Gasteiger charge is 2.05. The Kier molecular flexibility index (Phi) is 9.48. The van der Waals surface area contributed by atoms with E-state index in [1.54, 1.807) is 0 Å². The quantitative estimate of drug-likeness (QED) is 0.372. The van der Waals surface area contributed by atoms with Crippen LogP contribution >= 0.6 is 11.8 Å². The second kappa shape index (κ2) is 11.9. The largest absolute Gasteiger partial charge is 0.0895 e. The molecule has 0 amide bonds. The van der Waals surface area contributed by atoms with E-state index >= 15 is 0 Å². The first kappa shape index (κ1) is 21.6. The van der Waals surface area contributed by atoms with Crippen LogP contribution in [-0.2, 0) is 0 Å². The Balaban J connectivity index is 2.03. The molecule has 0 aliphatic carbocycles. The van der Waals surface area contributed by atoms with Gasteiger partial charge in [-0.2, -0.15) is 0 Å². The smallest absolute Gasteiger partial charge is 0.0152 e. The molecule has 2 aromatic carbocycles. The highest BCUT2D eigenvalue weighted by molar-refractivity contribution is 7.99. The predicted octanol–water partition coefficient (Wildman–Crippen LogP) is 8.86. The summed E-state index contributed by atoms with van der Waals surface area (Å²) in [5.41, 5.74) is 5.30. The molecule has 0 aromatic heterocycles. The zero-order valence-electron chi connectivity index (χ0n) is 17.4. The number of unbranched alkanes of at least 4 members (excludes halogenated alkanes) is 4. The number of allylic oxidation sites excluding steroid dienone is 2. The fourth-order valence-corrected chi connectivity index (χ4v) is 3.93. The molecule has 0 aliphatic rings. The second-order valence-electron chi connectivity index (χ2n) is 7.24. The van der Waals surface area contributed by atoms with Gasteiger partial charge in [-0.1, -0.05) is 99.9 Å². The van der Waals surface area contributed by atoms with Gasteiger partial charge in [0.05, 0.1) is 0 Å². The van der Waals surface area contributed by atoms with Crippen molar-refractivity contribution in [2.24, 2.45) is 0 Å². The zero-order chi connectivity index (χ0) is 19.5. The van der Waals surface area contributed by atoms with Gasteiger partial charge < -0.3 is 0 Å². The summed E-state index contributed by atoms with van der Waals surface area (Å²) in [6, 6.07) is 13.6. The molecule has 2 rings (SSSR count). The van der Waals surface area contributed by atoms with E-state index in [2.05, 4.69) is 88.4 Å². The van der Waals surface area contributed by atoms with Gasteiger partial charge in [-0.15, -0.1) is 0 Å². The van der Waals surface area contributed by atoms with E-state index < -0.39 is 0 Å². The summed E-state index contributed by atoms with van der Waals surface area (Å²) in [5.74, 6) is 0. The van der Waals surface area contributed by atoms with Gasteiger partial charge in [-0.3, -0.25) is 0 Å². The van der Waals surface area contributed by atoms with Crippen LogP contribution in [0.4, 0.5) is 0 Å². The topological polar surface area (TPSA) is 0 Å². The Labute approximate surface area is 170 Å². The molecule has 0 fully saturated rings. The summed E-state index contributed by atoms with van der Waals surface area (Å²) in [7, 11) is 0. The average molecular weight is 379 g/mol. The van der Waals surface area contributed by atoms with E-state index in [1.165, 1.54) is 70.6 Å². The van der Waals surface area contributed by atoms with Crippen molar-refractivity contribution >= 4 is 23.9 Å². The van der Waals surface area contributed by atoms with Crippen LogP contribution in [0, 0.1) is 13.8 Å². The Bertz CT molecular complexity index is 702. The lowest BCUT2D eigenvalue weighted by molar-refractivity contribution is 0.816. The van der Waals surface area contributed by atoms with Crippen molar-refractivity contribution in [1.82, 2.24) is 0 Å². The maximum Gasteiger partial charge on any atom is 0.0152 e. The van der Waals surface area contributed by atoms with Gasteiger partial charge >= 0.3 is 0 Å². The van der Waals surface area contributed by atoms with E-state index in [9.17, 15) is 0 Å². The van der Waals surface area contributed by atoms with Gasteiger partial charge in [-0.05, 0) is 61.1 Å². The van der Waals surface area contributed by atoms with Crippen molar-refractivity contribution in [1.29, 1.82) is 0 Å². The van der Waals surface area contributed by atoms with E-state index in [0.717, 1.165) is 0 Å². The zero-order valence-corrected chi connectivity index (χ0v) is 18.2. The van der Waals surface area contributed by atoms with Crippen molar-refractivity contribution in [2.75, 3.05) is 0 Å². The Hall–Kier alpha value is -1.73. The lowest BCUT2D eigenvalue weighted by atomic mass is 10.1. The van der Waals surface area contributed by atoms with E-state index in [0.29, 0.717) is 0 Å². The second-order valence-corrected chi connectivity index (χ2v) is 8.32. The van der Waals surface area contributed by atoms with E-state index in [-0.39, 0.29) is 0 Å². The van der Waals surface area contributed by atoms with Crippen molar-refractivity contribution in [3.05, 3.63) is 70.8 Å². The standard InChI is InChI=1S/C26H34S/c1-5-7-9-11-13-23-15-17-25(21(3)19-23)27-26-18-16-24(20-22(26)4)14-12-10-8-6-2/h11-20H,5-10H2,1-4H3. The molecule has 1 heteroatoms. The summed E-state index contributed by atoms with van der Waals surface area (Å²) in [6.45, 7) is 8.90. The molecule has 144 valence electrons. The van der Waals surface area contributed by atoms with Crippen LogP contribution in [0.3, 0.4) is 0 Å². The minimum Gasteiger partial charge on any atom is -0.0895 e. The van der Waals surface area contributed by atoms with Gasteiger partial charge in [0.25, 0.3) is 0 Å². The first-order valence-corrected chi connectivity index (χ1v) is 11.2. The van der Waals surface area contributed by atoms with Crippen LogP contribution in [0.5, 0.6) is 0 Å². The molecular formula is C26H34S. The third kappa shape index (κ3) is 7.42. The summed E-state index contributed by atoms with van der Waals surface area (Å²) in [6.07, 6.45) is 16.5. The van der Waals surface area contributed by atoms with E-state index in [4.69, 9.17) is 0 Å². The third-order valence-electron chi connectivity index (χ3n) is 4.69. The van der Waals surface area contributed by atoms with Gasteiger partial charge in [-0.25, -0.2) is 0 Å². The number of hydrogen-bond donors (Lipinski definition) is 0. The van der Waals surface area contributed by atoms with E-state index in [1.807, 2.05) is 11.8 Å². The highest BCUT2D eigenvalue weighted by Crippen LogP contribution is 2.33. The molecule has 0 saturated carbocycles. The first-order chi connectivity index (χ1) is 13.1. The van der Waals surface area contributed by atoms with Crippen molar-refractivity contribution in [2.45, 2.75) is 76.0 Å². The minimum absolute atomic E-state index is 1.17. The molecule has 27 heavy (non-hydrogen) atoms. The highest BCUT2D eigenvalue weighted by atomic mass is 32.2. The van der Waals surface area contributed by atoms with Crippen LogP contribution in [0.1, 0.15) is 74.6 Å². The Morgan fingerprint density at radius 1 is 0.704 bits per heavy atom.